The van der Waals surface area contributed by atoms with E-state index in [1.165, 1.54) is 5.56 Å². The largest absolute Gasteiger partial charge is 0.489 e. The van der Waals surface area contributed by atoms with Gasteiger partial charge >= 0.3 is 0 Å². The summed E-state index contributed by atoms with van der Waals surface area (Å²) in [5.41, 5.74) is 8.30. The van der Waals surface area contributed by atoms with Gasteiger partial charge in [0.1, 0.15) is 12.4 Å². The number of rotatable bonds is 6. The fourth-order valence-electron chi connectivity index (χ4n) is 1.88. The molecule has 1 heterocycles. The normalized spacial score (nSPS) is 12.1. The van der Waals surface area contributed by atoms with Gasteiger partial charge in [0, 0.05) is 18.4 Å². The molecule has 0 bridgehead atoms. The van der Waals surface area contributed by atoms with E-state index < -0.39 is 0 Å². The number of pyridine rings is 1. The van der Waals surface area contributed by atoms with E-state index in [0.717, 1.165) is 24.2 Å². The molecule has 2 aromatic rings. The van der Waals surface area contributed by atoms with Gasteiger partial charge < -0.3 is 10.5 Å². The summed E-state index contributed by atoms with van der Waals surface area (Å²) in [5.74, 6) is 0.920. The third kappa shape index (κ3) is 4.07. The summed E-state index contributed by atoms with van der Waals surface area (Å²) >= 11 is 0. The van der Waals surface area contributed by atoms with Crippen LogP contribution in [-0.4, -0.2) is 11.0 Å². The molecule has 0 aliphatic heterocycles. The maximum Gasteiger partial charge on any atom is 0.123 e. The van der Waals surface area contributed by atoms with Crippen LogP contribution in [0.25, 0.3) is 0 Å². The molecule has 0 saturated carbocycles. The number of ether oxygens (including phenoxy) is 1. The second-order valence-corrected chi connectivity index (χ2v) is 4.62. The number of nitrogens with two attached hydrogens (primary N) is 1. The quantitative estimate of drug-likeness (QED) is 0.864. The van der Waals surface area contributed by atoms with Crippen LogP contribution in [0.2, 0.25) is 0 Å². The molecular weight excluding hydrogens is 236 g/mol. The van der Waals surface area contributed by atoms with E-state index in [0.29, 0.717) is 6.61 Å². The van der Waals surface area contributed by atoms with Crippen molar-refractivity contribution in [1.29, 1.82) is 0 Å². The summed E-state index contributed by atoms with van der Waals surface area (Å²) in [6, 6.07) is 12.2. The smallest absolute Gasteiger partial charge is 0.123 e. The van der Waals surface area contributed by atoms with E-state index in [1.807, 2.05) is 30.3 Å². The third-order valence-electron chi connectivity index (χ3n) is 3.12. The predicted octanol–water partition coefficient (Wildman–Crippen LogP) is 2.94. The lowest BCUT2D eigenvalue weighted by Crippen LogP contribution is -2.21. The van der Waals surface area contributed by atoms with Crippen molar-refractivity contribution in [3.63, 3.8) is 0 Å². The molecule has 0 saturated heterocycles. The van der Waals surface area contributed by atoms with Crippen LogP contribution in [0.1, 0.15) is 24.5 Å². The standard InChI is InChI=1S/C16H20N2O/c1-2-15(17)11-14-5-3-4-6-16(14)19-12-13-7-9-18-10-8-13/h3-10,15H,2,11-12,17H2,1H3. The molecule has 2 N–H and O–H groups in total. The van der Waals surface area contributed by atoms with Gasteiger partial charge in [-0.1, -0.05) is 25.1 Å². The summed E-state index contributed by atoms with van der Waals surface area (Å²) in [7, 11) is 0. The molecule has 0 radical (unpaired) electrons. The Balaban J connectivity index is 2.03. The first-order valence-electron chi connectivity index (χ1n) is 6.64. The SMILES string of the molecule is CCC(N)Cc1ccccc1OCc1ccncc1. The molecule has 0 aliphatic carbocycles. The van der Waals surface area contributed by atoms with Gasteiger partial charge in [-0.15, -0.1) is 0 Å². The molecule has 1 aromatic heterocycles. The zero-order valence-electron chi connectivity index (χ0n) is 11.3. The minimum absolute atomic E-state index is 0.186. The molecule has 0 fully saturated rings. The Morgan fingerprint density at radius 3 is 2.63 bits per heavy atom. The maximum atomic E-state index is 6.02. The zero-order chi connectivity index (χ0) is 13.5. The second kappa shape index (κ2) is 6.90. The first-order valence-corrected chi connectivity index (χ1v) is 6.64. The highest BCUT2D eigenvalue weighted by Gasteiger charge is 2.07. The summed E-state index contributed by atoms with van der Waals surface area (Å²) in [6.45, 7) is 2.66. The van der Waals surface area contributed by atoms with Gasteiger partial charge in [0.2, 0.25) is 0 Å². The number of aromatic nitrogens is 1. The molecule has 0 spiro atoms. The van der Waals surface area contributed by atoms with E-state index in [1.54, 1.807) is 12.4 Å². The molecule has 100 valence electrons. The molecule has 1 atom stereocenters. The molecule has 0 aliphatic rings. The highest BCUT2D eigenvalue weighted by molar-refractivity contribution is 5.34. The fraction of sp³-hybridized carbons (Fsp3) is 0.312. The van der Waals surface area contributed by atoms with Crippen molar-refractivity contribution >= 4 is 0 Å². The van der Waals surface area contributed by atoms with Gasteiger partial charge in [0.25, 0.3) is 0 Å². The Kier molecular flexibility index (Phi) is 4.93. The number of benzene rings is 1. The van der Waals surface area contributed by atoms with E-state index in [4.69, 9.17) is 10.5 Å². The van der Waals surface area contributed by atoms with E-state index in [-0.39, 0.29) is 6.04 Å². The molecule has 19 heavy (non-hydrogen) atoms. The lowest BCUT2D eigenvalue weighted by Gasteiger charge is -2.14. The molecule has 1 aromatic carbocycles. The van der Waals surface area contributed by atoms with Gasteiger partial charge in [-0.05, 0) is 42.2 Å². The Morgan fingerprint density at radius 1 is 1.16 bits per heavy atom. The zero-order valence-corrected chi connectivity index (χ0v) is 11.3. The van der Waals surface area contributed by atoms with Crippen molar-refractivity contribution in [2.75, 3.05) is 0 Å². The second-order valence-electron chi connectivity index (χ2n) is 4.62. The summed E-state index contributed by atoms with van der Waals surface area (Å²) in [6.07, 6.45) is 5.37. The van der Waals surface area contributed by atoms with Crippen LogP contribution in [0.4, 0.5) is 0 Å². The Labute approximate surface area is 114 Å². The van der Waals surface area contributed by atoms with E-state index in [2.05, 4.69) is 18.0 Å². The Hall–Kier alpha value is -1.87. The van der Waals surface area contributed by atoms with Crippen LogP contribution in [0.15, 0.2) is 48.8 Å². The highest BCUT2D eigenvalue weighted by Crippen LogP contribution is 2.21. The lowest BCUT2D eigenvalue weighted by atomic mass is 10.0. The molecule has 0 amide bonds. The molecule has 3 nitrogen and oxygen atoms in total. The summed E-state index contributed by atoms with van der Waals surface area (Å²) in [5, 5.41) is 0. The number of hydrogen-bond donors (Lipinski definition) is 1. The van der Waals surface area contributed by atoms with Gasteiger partial charge in [0.15, 0.2) is 0 Å². The van der Waals surface area contributed by atoms with Crippen LogP contribution in [0, 0.1) is 0 Å². The molecular formula is C16H20N2O. The number of nitrogens with zero attached hydrogens (tertiary/aromatic N) is 1. The topological polar surface area (TPSA) is 48.1 Å². The monoisotopic (exact) mass is 256 g/mol. The van der Waals surface area contributed by atoms with Gasteiger partial charge in [0.05, 0.1) is 0 Å². The van der Waals surface area contributed by atoms with Gasteiger partial charge in [-0.3, -0.25) is 4.98 Å². The van der Waals surface area contributed by atoms with Crippen molar-refractivity contribution in [3.05, 3.63) is 59.9 Å². The van der Waals surface area contributed by atoms with Crippen LogP contribution in [0.5, 0.6) is 5.75 Å². The minimum atomic E-state index is 0.186. The average Bonchev–Trinajstić information content (AvgIpc) is 2.47. The van der Waals surface area contributed by atoms with Crippen molar-refractivity contribution in [2.24, 2.45) is 5.73 Å². The van der Waals surface area contributed by atoms with E-state index >= 15 is 0 Å². The predicted molar refractivity (Wildman–Crippen MR) is 77.0 cm³/mol. The summed E-state index contributed by atoms with van der Waals surface area (Å²) in [4.78, 5) is 4.00. The van der Waals surface area contributed by atoms with Crippen molar-refractivity contribution in [3.8, 4) is 5.75 Å². The van der Waals surface area contributed by atoms with Crippen LogP contribution < -0.4 is 10.5 Å². The fourth-order valence-corrected chi connectivity index (χ4v) is 1.88. The summed E-state index contributed by atoms with van der Waals surface area (Å²) < 4.78 is 5.89. The number of hydrogen-bond acceptors (Lipinski definition) is 3. The maximum absolute atomic E-state index is 6.02. The van der Waals surface area contributed by atoms with Crippen molar-refractivity contribution < 1.29 is 4.74 Å². The molecule has 2 rings (SSSR count). The van der Waals surface area contributed by atoms with Crippen molar-refractivity contribution in [1.82, 2.24) is 4.98 Å². The first-order chi connectivity index (χ1) is 9.29. The number of para-hydroxylation sites is 1. The lowest BCUT2D eigenvalue weighted by molar-refractivity contribution is 0.302. The highest BCUT2D eigenvalue weighted by atomic mass is 16.5. The third-order valence-corrected chi connectivity index (χ3v) is 3.12. The van der Waals surface area contributed by atoms with Gasteiger partial charge in [-0.2, -0.15) is 0 Å². The van der Waals surface area contributed by atoms with Crippen molar-refractivity contribution in [2.45, 2.75) is 32.4 Å². The van der Waals surface area contributed by atoms with Gasteiger partial charge in [-0.25, -0.2) is 0 Å². The van der Waals surface area contributed by atoms with Crippen LogP contribution in [0.3, 0.4) is 0 Å². The average molecular weight is 256 g/mol. The van der Waals surface area contributed by atoms with E-state index in [9.17, 15) is 0 Å². The Morgan fingerprint density at radius 2 is 1.89 bits per heavy atom. The minimum Gasteiger partial charge on any atom is -0.489 e. The Bertz CT molecular complexity index is 499. The molecule has 3 heteroatoms. The molecule has 1 unspecified atom stereocenters. The van der Waals surface area contributed by atoms with Crippen LogP contribution in [-0.2, 0) is 13.0 Å². The first kappa shape index (κ1) is 13.6. The van der Waals surface area contributed by atoms with Crippen LogP contribution >= 0.6 is 0 Å².